The van der Waals surface area contributed by atoms with E-state index >= 15 is 0 Å². The second-order valence-corrected chi connectivity index (χ2v) is 7.78. The maximum atomic E-state index is 6.17. The summed E-state index contributed by atoms with van der Waals surface area (Å²) in [5.41, 5.74) is 0.313. The zero-order valence-electron chi connectivity index (χ0n) is 11.0. The lowest BCUT2D eigenvalue weighted by atomic mass is 9.74. The first-order chi connectivity index (χ1) is 8.20. The van der Waals surface area contributed by atoms with Gasteiger partial charge in [-0.2, -0.15) is 0 Å². The highest BCUT2D eigenvalue weighted by Crippen LogP contribution is 2.49. The fourth-order valence-corrected chi connectivity index (χ4v) is 5.27. The highest BCUT2D eigenvalue weighted by molar-refractivity contribution is 9.09. The Balaban J connectivity index is 1.67. The molecule has 17 heavy (non-hydrogen) atoms. The fraction of sp³-hybridized carbons (Fsp3) is 1.00. The normalized spacial score (nSPS) is 45.5. The Morgan fingerprint density at radius 1 is 1.12 bits per heavy atom. The molecule has 1 saturated heterocycles. The van der Waals surface area contributed by atoms with Crippen LogP contribution in [0.5, 0.6) is 0 Å². The Kier molecular flexibility index (Phi) is 3.56. The molecule has 0 aromatic rings. The minimum Gasteiger partial charge on any atom is -0.375 e. The van der Waals surface area contributed by atoms with Crippen molar-refractivity contribution in [2.24, 2.45) is 17.8 Å². The minimum absolute atomic E-state index is 0.313. The lowest BCUT2D eigenvalue weighted by molar-refractivity contribution is -0.104. The summed E-state index contributed by atoms with van der Waals surface area (Å²) < 4.78 is 6.17. The molecule has 3 fully saturated rings. The number of hydrogen-bond acceptors (Lipinski definition) is 1. The standard InChI is InChI=1S/C15H25BrO/c1-11-13(4-5-14(11)16)12-6-9-17-15(10-12)7-2-3-8-15/h11-14H,2-10H2,1H3. The molecule has 0 amide bonds. The number of hydrogen-bond donors (Lipinski definition) is 0. The average Bonchev–Trinajstić information content (AvgIpc) is 2.89. The van der Waals surface area contributed by atoms with Crippen LogP contribution in [0, 0.1) is 17.8 Å². The monoisotopic (exact) mass is 300 g/mol. The van der Waals surface area contributed by atoms with E-state index in [9.17, 15) is 0 Å². The van der Waals surface area contributed by atoms with E-state index in [2.05, 4.69) is 22.9 Å². The Morgan fingerprint density at radius 3 is 2.53 bits per heavy atom. The van der Waals surface area contributed by atoms with E-state index in [1.54, 1.807) is 0 Å². The molecule has 0 bridgehead atoms. The summed E-state index contributed by atoms with van der Waals surface area (Å²) >= 11 is 3.85. The summed E-state index contributed by atoms with van der Waals surface area (Å²) in [6.45, 7) is 3.48. The van der Waals surface area contributed by atoms with Gasteiger partial charge < -0.3 is 4.74 Å². The van der Waals surface area contributed by atoms with Crippen LogP contribution in [0.4, 0.5) is 0 Å². The molecule has 2 saturated carbocycles. The Morgan fingerprint density at radius 2 is 1.88 bits per heavy atom. The molecular weight excluding hydrogens is 276 g/mol. The Hall–Kier alpha value is 0.440. The molecule has 1 aliphatic heterocycles. The predicted molar refractivity (Wildman–Crippen MR) is 74.5 cm³/mol. The zero-order chi connectivity index (χ0) is 11.9. The summed E-state index contributed by atoms with van der Waals surface area (Å²) in [5.74, 6) is 2.77. The van der Waals surface area contributed by atoms with Crippen molar-refractivity contribution in [3.8, 4) is 0 Å². The van der Waals surface area contributed by atoms with Crippen molar-refractivity contribution in [3.05, 3.63) is 0 Å². The van der Waals surface area contributed by atoms with Gasteiger partial charge in [-0.1, -0.05) is 35.7 Å². The molecule has 1 nitrogen and oxygen atoms in total. The third-order valence-corrected chi connectivity index (χ3v) is 6.96. The van der Waals surface area contributed by atoms with Gasteiger partial charge in [-0.25, -0.2) is 0 Å². The molecule has 3 aliphatic rings. The summed E-state index contributed by atoms with van der Waals surface area (Å²) in [6, 6.07) is 0. The van der Waals surface area contributed by atoms with E-state index < -0.39 is 0 Å². The van der Waals surface area contributed by atoms with Crippen LogP contribution in [0.15, 0.2) is 0 Å². The van der Waals surface area contributed by atoms with E-state index in [4.69, 9.17) is 4.74 Å². The van der Waals surface area contributed by atoms with Gasteiger partial charge in [0.25, 0.3) is 0 Å². The molecule has 2 heteroatoms. The lowest BCUT2D eigenvalue weighted by Gasteiger charge is -2.41. The molecule has 1 heterocycles. The van der Waals surface area contributed by atoms with Gasteiger partial charge in [-0.15, -0.1) is 0 Å². The number of rotatable bonds is 1. The zero-order valence-corrected chi connectivity index (χ0v) is 12.5. The molecule has 0 aromatic heterocycles. The van der Waals surface area contributed by atoms with E-state index in [1.165, 1.54) is 51.4 Å². The van der Waals surface area contributed by atoms with Crippen LogP contribution in [0.1, 0.15) is 58.3 Å². The van der Waals surface area contributed by atoms with Crippen molar-refractivity contribution in [3.63, 3.8) is 0 Å². The summed E-state index contributed by atoms with van der Waals surface area (Å²) in [4.78, 5) is 0.773. The number of halogens is 1. The average molecular weight is 301 g/mol. The SMILES string of the molecule is CC1C(Br)CCC1C1CCOC2(CCCC2)C1. The van der Waals surface area contributed by atoms with Crippen LogP contribution in [-0.2, 0) is 4.74 Å². The number of alkyl halides is 1. The Labute approximate surface area is 114 Å². The third-order valence-electron chi connectivity index (χ3n) is 5.67. The maximum Gasteiger partial charge on any atom is 0.0685 e. The van der Waals surface area contributed by atoms with E-state index in [-0.39, 0.29) is 0 Å². The van der Waals surface area contributed by atoms with E-state index in [1.807, 2.05) is 0 Å². The van der Waals surface area contributed by atoms with E-state index in [0.29, 0.717) is 5.60 Å². The minimum atomic E-state index is 0.313. The smallest absolute Gasteiger partial charge is 0.0685 e. The second kappa shape index (κ2) is 4.85. The molecular formula is C15H25BrO. The van der Waals surface area contributed by atoms with Crippen molar-refractivity contribution < 1.29 is 4.74 Å². The third kappa shape index (κ3) is 2.32. The highest BCUT2D eigenvalue weighted by atomic mass is 79.9. The molecule has 0 N–H and O–H groups in total. The van der Waals surface area contributed by atoms with Crippen molar-refractivity contribution in [2.75, 3.05) is 6.61 Å². The van der Waals surface area contributed by atoms with Crippen LogP contribution >= 0.6 is 15.9 Å². The van der Waals surface area contributed by atoms with Crippen molar-refractivity contribution >= 4 is 15.9 Å². The lowest BCUT2D eigenvalue weighted by Crippen LogP contribution is -2.40. The van der Waals surface area contributed by atoms with Crippen molar-refractivity contribution in [1.82, 2.24) is 0 Å². The molecule has 0 radical (unpaired) electrons. The quantitative estimate of drug-likeness (QED) is 0.646. The van der Waals surface area contributed by atoms with Crippen LogP contribution in [0.3, 0.4) is 0 Å². The first-order valence-electron chi connectivity index (χ1n) is 7.48. The van der Waals surface area contributed by atoms with Gasteiger partial charge in [0.05, 0.1) is 5.60 Å². The van der Waals surface area contributed by atoms with Crippen LogP contribution in [-0.4, -0.2) is 17.0 Å². The fourth-order valence-electron chi connectivity index (χ4n) is 4.61. The second-order valence-electron chi connectivity index (χ2n) is 6.61. The molecule has 1 spiro atoms. The van der Waals surface area contributed by atoms with Gasteiger partial charge in [-0.05, 0) is 56.3 Å². The maximum absolute atomic E-state index is 6.17. The summed E-state index contributed by atoms with van der Waals surface area (Å²) in [5, 5.41) is 0. The first-order valence-corrected chi connectivity index (χ1v) is 8.40. The van der Waals surface area contributed by atoms with Gasteiger partial charge in [0, 0.05) is 11.4 Å². The van der Waals surface area contributed by atoms with Crippen LogP contribution in [0.25, 0.3) is 0 Å². The van der Waals surface area contributed by atoms with Gasteiger partial charge in [0.15, 0.2) is 0 Å². The topological polar surface area (TPSA) is 9.23 Å². The molecule has 4 atom stereocenters. The Bertz CT molecular complexity index is 272. The van der Waals surface area contributed by atoms with Crippen molar-refractivity contribution in [2.45, 2.75) is 68.7 Å². The van der Waals surface area contributed by atoms with Gasteiger partial charge in [0.1, 0.15) is 0 Å². The van der Waals surface area contributed by atoms with Crippen LogP contribution < -0.4 is 0 Å². The predicted octanol–water partition coefficient (Wildman–Crippen LogP) is 4.54. The van der Waals surface area contributed by atoms with Gasteiger partial charge >= 0.3 is 0 Å². The van der Waals surface area contributed by atoms with Crippen LogP contribution in [0.2, 0.25) is 0 Å². The largest absolute Gasteiger partial charge is 0.375 e. The summed E-state index contributed by atoms with van der Waals surface area (Å²) in [6.07, 6.45) is 11.0. The molecule has 4 unspecified atom stereocenters. The molecule has 3 rings (SSSR count). The summed E-state index contributed by atoms with van der Waals surface area (Å²) in [7, 11) is 0. The first kappa shape index (κ1) is 12.5. The molecule has 2 aliphatic carbocycles. The molecule has 98 valence electrons. The molecule has 0 aromatic carbocycles. The highest BCUT2D eigenvalue weighted by Gasteiger charge is 2.45. The van der Waals surface area contributed by atoms with E-state index in [0.717, 1.165) is 29.2 Å². The number of ether oxygens (including phenoxy) is 1. The van der Waals surface area contributed by atoms with Gasteiger partial charge in [-0.3, -0.25) is 0 Å². The van der Waals surface area contributed by atoms with Crippen molar-refractivity contribution in [1.29, 1.82) is 0 Å². The van der Waals surface area contributed by atoms with Gasteiger partial charge in [0.2, 0.25) is 0 Å².